The molecule has 5 nitrogen and oxygen atoms in total. The van der Waals surface area contributed by atoms with Crippen LogP contribution in [0.25, 0.3) is 0 Å². The van der Waals surface area contributed by atoms with Gasteiger partial charge in [0.15, 0.2) is 0 Å². The summed E-state index contributed by atoms with van der Waals surface area (Å²) in [4.78, 5) is 26.6. The predicted molar refractivity (Wildman–Crippen MR) is 99.1 cm³/mol. The maximum absolute atomic E-state index is 13.3. The van der Waals surface area contributed by atoms with Crippen LogP contribution in [-0.4, -0.2) is 31.5 Å². The fraction of sp³-hybridized carbons (Fsp3) is 0.333. The summed E-state index contributed by atoms with van der Waals surface area (Å²) in [5, 5.41) is 3.01. The summed E-state index contributed by atoms with van der Waals surface area (Å²) < 4.78 is 18.5. The van der Waals surface area contributed by atoms with E-state index in [0.29, 0.717) is 6.54 Å². The number of hydrogen-bond donors (Lipinski definition) is 1. The molecule has 4 rings (SSSR count). The maximum atomic E-state index is 13.3. The van der Waals surface area contributed by atoms with Crippen LogP contribution in [0, 0.1) is 11.7 Å². The molecule has 1 heterocycles. The molecule has 27 heavy (non-hydrogen) atoms. The van der Waals surface area contributed by atoms with Crippen LogP contribution in [0.3, 0.4) is 0 Å². The van der Waals surface area contributed by atoms with Gasteiger partial charge in [-0.2, -0.15) is 0 Å². The van der Waals surface area contributed by atoms with Crippen LogP contribution in [0.4, 0.5) is 10.1 Å². The molecule has 1 aliphatic carbocycles. The molecule has 0 bridgehead atoms. The van der Waals surface area contributed by atoms with Crippen LogP contribution in [0.15, 0.2) is 48.5 Å². The molecular formula is C21H21FN2O3. The Bertz CT molecular complexity index is 868. The van der Waals surface area contributed by atoms with Crippen LogP contribution < -0.4 is 15.0 Å². The minimum absolute atomic E-state index is 0.0180. The summed E-state index contributed by atoms with van der Waals surface area (Å²) in [6, 6.07) is 13.7. The summed E-state index contributed by atoms with van der Waals surface area (Å²) >= 11 is 0. The van der Waals surface area contributed by atoms with Crippen molar-refractivity contribution in [2.75, 3.05) is 18.6 Å². The summed E-state index contributed by atoms with van der Waals surface area (Å²) in [7, 11) is 1.59. The lowest BCUT2D eigenvalue weighted by Gasteiger charge is -2.17. The largest absolute Gasteiger partial charge is 0.497 e. The highest BCUT2D eigenvalue weighted by Crippen LogP contribution is 2.41. The molecule has 2 aromatic carbocycles. The molecule has 2 fully saturated rings. The first-order chi connectivity index (χ1) is 13.0. The van der Waals surface area contributed by atoms with Gasteiger partial charge in [0.1, 0.15) is 11.6 Å². The second-order valence-corrected chi connectivity index (χ2v) is 7.12. The average Bonchev–Trinajstić information content (AvgIpc) is 3.33. The van der Waals surface area contributed by atoms with Crippen LogP contribution >= 0.6 is 0 Å². The van der Waals surface area contributed by atoms with E-state index in [4.69, 9.17) is 4.74 Å². The van der Waals surface area contributed by atoms with Gasteiger partial charge in [-0.3, -0.25) is 9.59 Å². The number of hydrogen-bond acceptors (Lipinski definition) is 3. The SMILES string of the molecule is COc1ccc(N2CC(C(=O)NC3CC3c3cccc(F)c3)CC2=O)cc1. The van der Waals surface area contributed by atoms with Crippen molar-refractivity contribution >= 4 is 17.5 Å². The second-order valence-electron chi connectivity index (χ2n) is 7.12. The number of anilines is 1. The molecule has 3 atom stereocenters. The summed E-state index contributed by atoms with van der Waals surface area (Å²) in [5.41, 5.74) is 1.67. The molecule has 1 aliphatic heterocycles. The third-order valence-corrected chi connectivity index (χ3v) is 5.27. The Morgan fingerprint density at radius 3 is 2.70 bits per heavy atom. The van der Waals surface area contributed by atoms with Gasteiger partial charge in [0.2, 0.25) is 11.8 Å². The lowest BCUT2D eigenvalue weighted by Crippen LogP contribution is -2.34. The van der Waals surface area contributed by atoms with Crippen LogP contribution in [-0.2, 0) is 9.59 Å². The van der Waals surface area contributed by atoms with Crippen molar-refractivity contribution in [2.45, 2.75) is 24.8 Å². The third kappa shape index (κ3) is 3.65. The minimum Gasteiger partial charge on any atom is -0.497 e. The van der Waals surface area contributed by atoms with E-state index in [2.05, 4.69) is 5.32 Å². The number of nitrogens with zero attached hydrogens (tertiary/aromatic N) is 1. The monoisotopic (exact) mass is 368 g/mol. The zero-order valence-corrected chi connectivity index (χ0v) is 15.0. The topological polar surface area (TPSA) is 58.6 Å². The van der Waals surface area contributed by atoms with Crippen molar-refractivity contribution in [3.8, 4) is 5.75 Å². The van der Waals surface area contributed by atoms with E-state index < -0.39 is 0 Å². The van der Waals surface area contributed by atoms with E-state index in [1.165, 1.54) is 12.1 Å². The van der Waals surface area contributed by atoms with Crippen molar-refractivity contribution in [2.24, 2.45) is 5.92 Å². The number of nitrogens with one attached hydrogen (secondary N) is 1. The fourth-order valence-electron chi connectivity index (χ4n) is 3.66. The number of halogens is 1. The lowest BCUT2D eigenvalue weighted by molar-refractivity contribution is -0.126. The molecule has 1 saturated carbocycles. The maximum Gasteiger partial charge on any atom is 0.227 e. The standard InChI is InChI=1S/C21H21FN2O3/c1-27-17-7-5-16(6-8-17)24-12-14(10-20(24)25)21(26)23-19-11-18(19)13-3-2-4-15(22)9-13/h2-9,14,18-19H,10-12H2,1H3,(H,23,26). The van der Waals surface area contributed by atoms with Crippen molar-refractivity contribution in [1.82, 2.24) is 5.32 Å². The first-order valence-corrected chi connectivity index (χ1v) is 9.05. The second kappa shape index (κ2) is 7.02. The number of carbonyl (C=O) groups excluding carboxylic acids is 2. The first kappa shape index (κ1) is 17.5. The van der Waals surface area contributed by atoms with Gasteiger partial charge in [-0.15, -0.1) is 0 Å². The number of carbonyl (C=O) groups is 2. The number of methoxy groups -OCH3 is 1. The summed E-state index contributed by atoms with van der Waals surface area (Å²) in [6.07, 6.45) is 1.01. The van der Waals surface area contributed by atoms with Crippen molar-refractivity contribution < 1.29 is 18.7 Å². The average molecular weight is 368 g/mol. The Hall–Kier alpha value is -2.89. The van der Waals surface area contributed by atoms with Gasteiger partial charge in [-0.05, 0) is 48.4 Å². The van der Waals surface area contributed by atoms with Crippen molar-refractivity contribution in [3.05, 3.63) is 59.9 Å². The molecule has 1 saturated heterocycles. The van der Waals surface area contributed by atoms with Gasteiger partial charge in [0.05, 0.1) is 13.0 Å². The van der Waals surface area contributed by atoms with Gasteiger partial charge in [0, 0.05) is 30.6 Å². The van der Waals surface area contributed by atoms with E-state index >= 15 is 0 Å². The van der Waals surface area contributed by atoms with E-state index in [-0.39, 0.29) is 41.9 Å². The molecule has 0 aromatic heterocycles. The predicted octanol–water partition coefficient (Wildman–Crippen LogP) is 2.86. The highest BCUT2D eigenvalue weighted by molar-refractivity contribution is 6.00. The van der Waals surface area contributed by atoms with Crippen LogP contribution in [0.2, 0.25) is 0 Å². The minimum atomic E-state index is -0.367. The number of benzene rings is 2. The van der Waals surface area contributed by atoms with Gasteiger partial charge in [-0.25, -0.2) is 4.39 Å². The molecule has 2 aliphatic rings. The highest BCUT2D eigenvalue weighted by Gasteiger charge is 2.42. The Morgan fingerprint density at radius 1 is 1.22 bits per heavy atom. The Morgan fingerprint density at radius 2 is 2.00 bits per heavy atom. The zero-order chi connectivity index (χ0) is 19.0. The third-order valence-electron chi connectivity index (χ3n) is 5.27. The van der Waals surface area contributed by atoms with Gasteiger partial charge >= 0.3 is 0 Å². The lowest BCUT2D eigenvalue weighted by atomic mass is 10.1. The molecule has 6 heteroatoms. The molecule has 3 unspecified atom stereocenters. The number of amides is 2. The number of rotatable bonds is 5. The molecule has 2 aromatic rings. The van der Waals surface area contributed by atoms with Crippen molar-refractivity contribution in [3.63, 3.8) is 0 Å². The van der Waals surface area contributed by atoms with Crippen molar-refractivity contribution in [1.29, 1.82) is 0 Å². The van der Waals surface area contributed by atoms with E-state index in [0.717, 1.165) is 23.4 Å². The summed E-state index contributed by atoms with van der Waals surface area (Å²) in [5.74, 6) is 0.0756. The van der Waals surface area contributed by atoms with Crippen LogP contribution in [0.1, 0.15) is 24.3 Å². The van der Waals surface area contributed by atoms with Gasteiger partial charge in [-0.1, -0.05) is 12.1 Å². The molecule has 2 amide bonds. The summed E-state index contributed by atoms with van der Waals surface area (Å²) in [6.45, 7) is 0.369. The Labute approximate surface area is 157 Å². The van der Waals surface area contributed by atoms with E-state index in [9.17, 15) is 14.0 Å². The van der Waals surface area contributed by atoms with Crippen LogP contribution in [0.5, 0.6) is 5.75 Å². The Balaban J connectivity index is 1.35. The smallest absolute Gasteiger partial charge is 0.227 e. The molecule has 140 valence electrons. The first-order valence-electron chi connectivity index (χ1n) is 9.05. The van der Waals surface area contributed by atoms with Gasteiger partial charge < -0.3 is 15.0 Å². The normalized spacial score (nSPS) is 24.0. The highest BCUT2D eigenvalue weighted by atomic mass is 19.1. The molecule has 1 N–H and O–H groups in total. The molecule has 0 radical (unpaired) electrons. The van der Waals surface area contributed by atoms with E-state index in [1.807, 2.05) is 18.2 Å². The number of ether oxygens (including phenoxy) is 1. The zero-order valence-electron chi connectivity index (χ0n) is 15.0. The Kier molecular flexibility index (Phi) is 4.56. The quantitative estimate of drug-likeness (QED) is 0.883. The van der Waals surface area contributed by atoms with E-state index in [1.54, 1.807) is 30.2 Å². The molecular weight excluding hydrogens is 347 g/mol. The van der Waals surface area contributed by atoms with Gasteiger partial charge in [0.25, 0.3) is 0 Å². The fourth-order valence-corrected chi connectivity index (χ4v) is 3.66. The molecule has 0 spiro atoms.